The summed E-state index contributed by atoms with van der Waals surface area (Å²) in [5, 5.41) is 0.258. The number of ether oxygens (including phenoxy) is 1. The molecule has 160 valence electrons. The zero-order chi connectivity index (χ0) is 22.1. The second-order valence-corrected chi connectivity index (χ2v) is 9.57. The van der Waals surface area contributed by atoms with Crippen LogP contribution in [0.15, 0.2) is 47.5 Å². The minimum absolute atomic E-state index is 0.0171. The van der Waals surface area contributed by atoms with Crippen LogP contribution in [0.5, 0.6) is 11.8 Å². The van der Waals surface area contributed by atoms with Crippen LogP contribution in [0.2, 0.25) is 15.1 Å². The van der Waals surface area contributed by atoms with Gasteiger partial charge in [0.15, 0.2) is 0 Å². The van der Waals surface area contributed by atoms with Crippen molar-refractivity contribution in [2.75, 3.05) is 0 Å². The second-order valence-electron chi connectivity index (χ2n) is 6.66. The van der Waals surface area contributed by atoms with Crippen LogP contribution < -0.4 is 9.46 Å². The van der Waals surface area contributed by atoms with Crippen molar-refractivity contribution < 1.29 is 13.2 Å². The van der Waals surface area contributed by atoms with Crippen molar-refractivity contribution in [3.8, 4) is 11.8 Å². The number of hydrogen-bond acceptors (Lipinski definition) is 4. The van der Waals surface area contributed by atoms with Crippen molar-refractivity contribution in [3.63, 3.8) is 0 Å². The van der Waals surface area contributed by atoms with Gasteiger partial charge in [-0.15, -0.1) is 0 Å². The molecule has 1 N–H and O–H groups in total. The SMILES string of the molecule is CCn1c(C(C)NS(=O)(=O)c2cc(Cl)c(Cl)cc2Cl)cnc1Oc1ccc(C)cc1. The first-order valence-corrected chi connectivity index (χ1v) is 11.7. The first-order valence-electron chi connectivity index (χ1n) is 9.09. The molecular weight excluding hydrogens is 469 g/mol. The van der Waals surface area contributed by atoms with Gasteiger partial charge in [-0.25, -0.2) is 18.1 Å². The zero-order valence-electron chi connectivity index (χ0n) is 16.5. The smallest absolute Gasteiger partial charge is 0.302 e. The van der Waals surface area contributed by atoms with Crippen molar-refractivity contribution in [3.05, 3.63) is 68.9 Å². The molecule has 3 aromatic rings. The molecule has 0 aliphatic rings. The number of rotatable bonds is 7. The molecule has 0 aliphatic carbocycles. The standard InChI is InChI=1S/C20H20Cl3N3O3S/c1-4-26-18(11-24-20(26)29-14-7-5-12(2)6-8-14)13(3)25-30(27,28)19-10-16(22)15(21)9-17(19)23/h5-11,13,25H,4H2,1-3H3. The molecule has 6 nitrogen and oxygen atoms in total. The van der Waals surface area contributed by atoms with Gasteiger partial charge in [0.2, 0.25) is 10.0 Å². The van der Waals surface area contributed by atoms with E-state index in [1.165, 1.54) is 12.1 Å². The summed E-state index contributed by atoms with van der Waals surface area (Å²) in [5.41, 5.74) is 1.75. The summed E-state index contributed by atoms with van der Waals surface area (Å²) < 4.78 is 36.0. The first kappa shape index (κ1) is 22.9. The Morgan fingerprint density at radius 1 is 1.10 bits per heavy atom. The van der Waals surface area contributed by atoms with E-state index in [0.29, 0.717) is 24.0 Å². The largest absolute Gasteiger partial charge is 0.426 e. The van der Waals surface area contributed by atoms with Gasteiger partial charge in [0.1, 0.15) is 10.6 Å². The molecule has 10 heteroatoms. The van der Waals surface area contributed by atoms with Gasteiger partial charge < -0.3 is 4.74 Å². The molecule has 1 atom stereocenters. The van der Waals surface area contributed by atoms with E-state index in [1.807, 2.05) is 38.1 Å². The van der Waals surface area contributed by atoms with Gasteiger partial charge in [-0.2, -0.15) is 0 Å². The average Bonchev–Trinajstić information content (AvgIpc) is 3.08. The van der Waals surface area contributed by atoms with Crippen molar-refractivity contribution in [1.29, 1.82) is 0 Å². The Kier molecular flexibility index (Phi) is 6.99. The lowest BCUT2D eigenvalue weighted by atomic mass is 10.2. The van der Waals surface area contributed by atoms with Crippen molar-refractivity contribution in [2.45, 2.75) is 38.3 Å². The molecular formula is C20H20Cl3N3O3S. The van der Waals surface area contributed by atoms with Gasteiger partial charge in [-0.1, -0.05) is 52.5 Å². The molecule has 2 aromatic carbocycles. The molecule has 0 spiro atoms. The van der Waals surface area contributed by atoms with E-state index in [2.05, 4.69) is 9.71 Å². The average molecular weight is 489 g/mol. The molecule has 1 heterocycles. The Morgan fingerprint density at radius 2 is 1.73 bits per heavy atom. The van der Waals surface area contributed by atoms with Gasteiger partial charge in [0, 0.05) is 6.54 Å². The van der Waals surface area contributed by atoms with Crippen LogP contribution in [-0.2, 0) is 16.6 Å². The summed E-state index contributed by atoms with van der Waals surface area (Å²) in [4.78, 5) is 4.16. The fourth-order valence-corrected chi connectivity index (χ4v) is 5.11. The molecule has 0 saturated carbocycles. The molecule has 1 aromatic heterocycles. The van der Waals surface area contributed by atoms with E-state index < -0.39 is 16.1 Å². The highest BCUT2D eigenvalue weighted by Gasteiger charge is 2.25. The van der Waals surface area contributed by atoms with Crippen LogP contribution in [0, 0.1) is 6.92 Å². The summed E-state index contributed by atoms with van der Waals surface area (Å²) in [5.74, 6) is 0.642. The van der Waals surface area contributed by atoms with E-state index in [1.54, 1.807) is 17.7 Å². The predicted molar refractivity (Wildman–Crippen MR) is 119 cm³/mol. The Labute approximate surface area is 190 Å². The summed E-state index contributed by atoms with van der Waals surface area (Å²) in [6.07, 6.45) is 1.58. The fourth-order valence-electron chi connectivity index (χ4n) is 2.89. The molecule has 0 amide bonds. The maximum Gasteiger partial charge on any atom is 0.302 e. The van der Waals surface area contributed by atoms with Crippen molar-refractivity contribution >= 4 is 44.8 Å². The number of benzene rings is 2. The summed E-state index contributed by atoms with van der Waals surface area (Å²) in [6.45, 7) is 6.16. The lowest BCUT2D eigenvalue weighted by Gasteiger charge is -2.17. The van der Waals surface area contributed by atoms with E-state index in [9.17, 15) is 8.42 Å². The fraction of sp³-hybridized carbons (Fsp3) is 0.250. The number of nitrogens with zero attached hydrogens (tertiary/aromatic N) is 2. The quantitative estimate of drug-likeness (QED) is 0.414. The number of halogens is 3. The summed E-state index contributed by atoms with van der Waals surface area (Å²) in [7, 11) is -3.96. The summed E-state index contributed by atoms with van der Waals surface area (Å²) in [6, 6.07) is 9.86. The highest BCUT2D eigenvalue weighted by molar-refractivity contribution is 7.89. The topological polar surface area (TPSA) is 73.2 Å². The monoisotopic (exact) mass is 487 g/mol. The zero-order valence-corrected chi connectivity index (χ0v) is 19.6. The van der Waals surface area contributed by atoms with E-state index in [4.69, 9.17) is 39.5 Å². The van der Waals surface area contributed by atoms with Crippen LogP contribution >= 0.6 is 34.8 Å². The number of aryl methyl sites for hydroxylation is 1. The maximum absolute atomic E-state index is 12.9. The van der Waals surface area contributed by atoms with Gasteiger partial charge in [0.05, 0.1) is 33.0 Å². The Hall–Kier alpha value is -1.77. The Balaban J connectivity index is 1.86. The van der Waals surface area contributed by atoms with Crippen molar-refractivity contribution in [1.82, 2.24) is 14.3 Å². The molecule has 3 rings (SSSR count). The minimum Gasteiger partial charge on any atom is -0.426 e. The van der Waals surface area contributed by atoms with Crippen molar-refractivity contribution in [2.24, 2.45) is 0 Å². The third kappa shape index (κ3) is 4.92. The van der Waals surface area contributed by atoms with E-state index >= 15 is 0 Å². The van der Waals surface area contributed by atoms with Crippen LogP contribution in [0.3, 0.4) is 0 Å². The highest BCUT2D eigenvalue weighted by atomic mass is 35.5. The van der Waals surface area contributed by atoms with Crippen LogP contribution in [0.4, 0.5) is 0 Å². The molecule has 0 radical (unpaired) electrons. The normalized spacial score (nSPS) is 12.7. The lowest BCUT2D eigenvalue weighted by molar-refractivity contribution is 0.408. The predicted octanol–water partition coefficient (Wildman–Crippen LogP) is 6.00. The first-order chi connectivity index (χ1) is 14.1. The lowest BCUT2D eigenvalue weighted by Crippen LogP contribution is -2.28. The third-order valence-electron chi connectivity index (χ3n) is 4.44. The second kappa shape index (κ2) is 9.16. The number of imidazole rings is 1. The molecule has 30 heavy (non-hydrogen) atoms. The Morgan fingerprint density at radius 3 is 2.37 bits per heavy atom. The van der Waals surface area contributed by atoms with Crippen LogP contribution in [0.25, 0.3) is 0 Å². The molecule has 0 aliphatic heterocycles. The molecule has 0 fully saturated rings. The Bertz CT molecular complexity index is 1160. The maximum atomic E-state index is 12.9. The molecule has 1 unspecified atom stereocenters. The molecule has 0 saturated heterocycles. The minimum atomic E-state index is -3.96. The molecule has 0 bridgehead atoms. The van der Waals surface area contributed by atoms with E-state index in [-0.39, 0.29) is 20.0 Å². The third-order valence-corrected chi connectivity index (χ3v) is 7.16. The number of hydrogen-bond donors (Lipinski definition) is 1. The van der Waals surface area contributed by atoms with Gasteiger partial charge in [0.25, 0.3) is 0 Å². The number of sulfonamides is 1. The van der Waals surface area contributed by atoms with Gasteiger partial charge in [-0.05, 0) is 45.0 Å². The number of nitrogens with one attached hydrogen (secondary N) is 1. The van der Waals surface area contributed by atoms with Crippen LogP contribution in [-0.4, -0.2) is 18.0 Å². The summed E-state index contributed by atoms with van der Waals surface area (Å²) >= 11 is 17.9. The van der Waals surface area contributed by atoms with Gasteiger partial charge in [-0.3, -0.25) is 4.57 Å². The number of aromatic nitrogens is 2. The van der Waals surface area contributed by atoms with Gasteiger partial charge >= 0.3 is 6.01 Å². The van der Waals surface area contributed by atoms with E-state index in [0.717, 1.165) is 5.56 Å². The highest BCUT2D eigenvalue weighted by Crippen LogP contribution is 2.32. The van der Waals surface area contributed by atoms with Crippen LogP contribution in [0.1, 0.15) is 31.1 Å².